The third-order valence-electron chi connectivity index (χ3n) is 2.23. The van der Waals surface area contributed by atoms with E-state index in [4.69, 9.17) is 0 Å². The molecular weight excluding hydrogens is 178 g/mol. The van der Waals surface area contributed by atoms with Crippen LogP contribution in [-0.4, -0.2) is 53.4 Å². The largest absolute Gasteiger partial charge is 0.315 e. The van der Waals surface area contributed by atoms with Gasteiger partial charge >= 0.3 is 0 Å². The quantitative estimate of drug-likeness (QED) is 0.692. The first kappa shape index (κ1) is 11.1. The molecule has 0 saturated carbocycles. The third-order valence-corrected chi connectivity index (χ3v) is 2.23. The van der Waals surface area contributed by atoms with Crippen LogP contribution in [-0.2, 0) is 13.5 Å². The van der Waals surface area contributed by atoms with E-state index in [1.807, 2.05) is 18.8 Å². The molecule has 1 N–H and O–H groups in total. The minimum Gasteiger partial charge on any atom is -0.315 e. The SMILES string of the molecule is CNC(Cc1ncnn1C)CN(C)C. The molecule has 5 heteroatoms. The van der Waals surface area contributed by atoms with Gasteiger partial charge in [-0.2, -0.15) is 5.10 Å². The summed E-state index contributed by atoms with van der Waals surface area (Å²) in [5.41, 5.74) is 0. The maximum absolute atomic E-state index is 4.20. The van der Waals surface area contributed by atoms with Crippen LogP contribution in [0.25, 0.3) is 0 Å². The number of nitrogens with zero attached hydrogens (tertiary/aromatic N) is 4. The zero-order chi connectivity index (χ0) is 10.6. The van der Waals surface area contributed by atoms with Gasteiger partial charge in [0.2, 0.25) is 0 Å². The van der Waals surface area contributed by atoms with Gasteiger partial charge in [-0.15, -0.1) is 0 Å². The van der Waals surface area contributed by atoms with Crippen LogP contribution < -0.4 is 5.32 Å². The summed E-state index contributed by atoms with van der Waals surface area (Å²) in [6.45, 7) is 1.00. The van der Waals surface area contributed by atoms with E-state index in [-0.39, 0.29) is 0 Å². The molecule has 1 aromatic rings. The molecule has 0 aliphatic rings. The van der Waals surface area contributed by atoms with E-state index < -0.39 is 0 Å². The Kier molecular flexibility index (Phi) is 4.03. The molecule has 0 aromatic carbocycles. The fourth-order valence-electron chi connectivity index (χ4n) is 1.42. The lowest BCUT2D eigenvalue weighted by molar-refractivity contribution is 0.342. The predicted octanol–water partition coefficient (Wildman–Crippen LogP) is -0.493. The van der Waals surface area contributed by atoms with Gasteiger partial charge in [-0.25, -0.2) is 4.98 Å². The Morgan fingerprint density at radius 1 is 1.57 bits per heavy atom. The van der Waals surface area contributed by atoms with Crippen molar-refractivity contribution in [2.24, 2.45) is 7.05 Å². The van der Waals surface area contributed by atoms with Crippen molar-refractivity contribution in [3.05, 3.63) is 12.2 Å². The number of likely N-dealkylation sites (N-methyl/N-ethyl adjacent to an activating group) is 2. The van der Waals surface area contributed by atoms with Crippen LogP contribution in [0, 0.1) is 0 Å². The second-order valence-corrected chi connectivity index (χ2v) is 3.75. The average molecular weight is 197 g/mol. The minimum atomic E-state index is 0.424. The summed E-state index contributed by atoms with van der Waals surface area (Å²) in [6, 6.07) is 0.424. The topological polar surface area (TPSA) is 46.0 Å². The van der Waals surface area contributed by atoms with Crippen molar-refractivity contribution < 1.29 is 0 Å². The fraction of sp³-hybridized carbons (Fsp3) is 0.778. The fourth-order valence-corrected chi connectivity index (χ4v) is 1.42. The Morgan fingerprint density at radius 3 is 2.71 bits per heavy atom. The highest BCUT2D eigenvalue weighted by atomic mass is 15.3. The van der Waals surface area contributed by atoms with Crippen molar-refractivity contribution in [3.63, 3.8) is 0 Å². The van der Waals surface area contributed by atoms with Crippen molar-refractivity contribution in [1.82, 2.24) is 25.0 Å². The second-order valence-electron chi connectivity index (χ2n) is 3.75. The normalized spacial score (nSPS) is 13.5. The third kappa shape index (κ3) is 3.08. The Labute approximate surface area is 85.1 Å². The lowest BCUT2D eigenvalue weighted by Crippen LogP contribution is -2.38. The first-order valence-corrected chi connectivity index (χ1v) is 4.78. The first-order chi connectivity index (χ1) is 6.63. The zero-order valence-corrected chi connectivity index (χ0v) is 9.36. The Hall–Kier alpha value is -0.940. The van der Waals surface area contributed by atoms with Gasteiger partial charge in [-0.05, 0) is 21.1 Å². The summed E-state index contributed by atoms with van der Waals surface area (Å²) in [6.07, 6.45) is 2.50. The summed E-state index contributed by atoms with van der Waals surface area (Å²) >= 11 is 0. The maximum Gasteiger partial charge on any atom is 0.138 e. The molecule has 0 fully saturated rings. The summed E-state index contributed by atoms with van der Waals surface area (Å²) in [4.78, 5) is 6.37. The number of rotatable bonds is 5. The smallest absolute Gasteiger partial charge is 0.138 e. The molecule has 1 heterocycles. The van der Waals surface area contributed by atoms with Crippen molar-refractivity contribution in [2.75, 3.05) is 27.7 Å². The van der Waals surface area contributed by atoms with Crippen molar-refractivity contribution in [2.45, 2.75) is 12.5 Å². The van der Waals surface area contributed by atoms with Crippen molar-refractivity contribution >= 4 is 0 Å². The first-order valence-electron chi connectivity index (χ1n) is 4.78. The van der Waals surface area contributed by atoms with E-state index in [1.54, 1.807) is 6.33 Å². The van der Waals surface area contributed by atoms with Crippen LogP contribution in [0.3, 0.4) is 0 Å². The maximum atomic E-state index is 4.20. The van der Waals surface area contributed by atoms with E-state index in [0.717, 1.165) is 18.8 Å². The zero-order valence-electron chi connectivity index (χ0n) is 9.36. The van der Waals surface area contributed by atoms with Crippen LogP contribution >= 0.6 is 0 Å². The Bertz CT molecular complexity index is 268. The van der Waals surface area contributed by atoms with Gasteiger partial charge in [0.25, 0.3) is 0 Å². The number of hydrogen-bond acceptors (Lipinski definition) is 4. The highest BCUT2D eigenvalue weighted by Gasteiger charge is 2.11. The Morgan fingerprint density at radius 2 is 2.29 bits per heavy atom. The molecule has 5 nitrogen and oxygen atoms in total. The monoisotopic (exact) mass is 197 g/mol. The van der Waals surface area contributed by atoms with Crippen LogP contribution in [0.5, 0.6) is 0 Å². The average Bonchev–Trinajstić information content (AvgIpc) is 2.50. The molecule has 0 amide bonds. The molecule has 0 aliphatic carbocycles. The molecule has 1 atom stereocenters. The molecule has 1 rings (SSSR count). The number of nitrogens with one attached hydrogen (secondary N) is 1. The molecule has 0 aliphatic heterocycles. The second kappa shape index (κ2) is 5.07. The molecule has 0 spiro atoms. The van der Waals surface area contributed by atoms with Gasteiger partial charge in [-0.3, -0.25) is 4.68 Å². The summed E-state index contributed by atoms with van der Waals surface area (Å²) < 4.78 is 1.82. The van der Waals surface area contributed by atoms with Gasteiger partial charge in [-0.1, -0.05) is 0 Å². The van der Waals surface area contributed by atoms with E-state index in [9.17, 15) is 0 Å². The van der Waals surface area contributed by atoms with E-state index in [0.29, 0.717) is 6.04 Å². The summed E-state index contributed by atoms with van der Waals surface area (Å²) in [5, 5.41) is 7.32. The van der Waals surface area contributed by atoms with Gasteiger partial charge in [0.05, 0.1) is 0 Å². The van der Waals surface area contributed by atoms with Crippen LogP contribution in [0.2, 0.25) is 0 Å². The van der Waals surface area contributed by atoms with Crippen molar-refractivity contribution in [1.29, 1.82) is 0 Å². The van der Waals surface area contributed by atoms with Gasteiger partial charge in [0.1, 0.15) is 12.2 Å². The number of aryl methyl sites for hydroxylation is 1. The van der Waals surface area contributed by atoms with E-state index in [1.165, 1.54) is 0 Å². The summed E-state index contributed by atoms with van der Waals surface area (Å²) in [5.74, 6) is 1.02. The molecule has 0 saturated heterocycles. The van der Waals surface area contributed by atoms with Crippen LogP contribution in [0.4, 0.5) is 0 Å². The molecular formula is C9H19N5. The predicted molar refractivity (Wildman–Crippen MR) is 56.1 cm³/mol. The van der Waals surface area contributed by atoms with Crippen LogP contribution in [0.1, 0.15) is 5.82 Å². The van der Waals surface area contributed by atoms with Gasteiger partial charge < -0.3 is 10.2 Å². The lowest BCUT2D eigenvalue weighted by Gasteiger charge is -2.19. The molecule has 80 valence electrons. The standard InChI is InChI=1S/C9H19N5/c1-10-8(6-13(2)3)5-9-11-7-12-14(9)4/h7-8,10H,5-6H2,1-4H3. The van der Waals surface area contributed by atoms with Gasteiger partial charge in [0.15, 0.2) is 0 Å². The van der Waals surface area contributed by atoms with E-state index in [2.05, 4.69) is 34.4 Å². The number of aromatic nitrogens is 3. The molecule has 1 aromatic heterocycles. The molecule has 0 radical (unpaired) electrons. The number of hydrogen-bond donors (Lipinski definition) is 1. The highest BCUT2D eigenvalue weighted by Crippen LogP contribution is 1.98. The molecule has 14 heavy (non-hydrogen) atoms. The molecule has 0 bridgehead atoms. The highest BCUT2D eigenvalue weighted by molar-refractivity contribution is 4.89. The Balaban J connectivity index is 2.52. The summed E-state index contributed by atoms with van der Waals surface area (Å²) in [7, 11) is 8.04. The van der Waals surface area contributed by atoms with Crippen LogP contribution in [0.15, 0.2) is 6.33 Å². The lowest BCUT2D eigenvalue weighted by atomic mass is 10.2. The van der Waals surface area contributed by atoms with E-state index >= 15 is 0 Å². The minimum absolute atomic E-state index is 0.424. The molecule has 1 unspecified atom stereocenters. The van der Waals surface area contributed by atoms with Crippen molar-refractivity contribution in [3.8, 4) is 0 Å². The van der Waals surface area contributed by atoms with Gasteiger partial charge in [0, 0.05) is 26.1 Å².